The second-order valence-corrected chi connectivity index (χ2v) is 7.10. The van der Waals surface area contributed by atoms with Crippen molar-refractivity contribution in [2.24, 2.45) is 5.41 Å². The number of aryl methyl sites for hydroxylation is 1. The summed E-state index contributed by atoms with van der Waals surface area (Å²) in [7, 11) is 0. The lowest BCUT2D eigenvalue weighted by atomic mass is 9.77. The van der Waals surface area contributed by atoms with Gasteiger partial charge in [0.1, 0.15) is 12.4 Å². The van der Waals surface area contributed by atoms with Crippen molar-refractivity contribution in [1.29, 1.82) is 0 Å². The van der Waals surface area contributed by atoms with E-state index in [0.717, 1.165) is 18.5 Å². The van der Waals surface area contributed by atoms with Crippen LogP contribution >= 0.6 is 0 Å². The highest BCUT2D eigenvalue weighted by atomic mass is 16.5. The van der Waals surface area contributed by atoms with Gasteiger partial charge in [0.05, 0.1) is 24.2 Å². The summed E-state index contributed by atoms with van der Waals surface area (Å²) in [6.45, 7) is 4.38. The minimum absolute atomic E-state index is 0.0801. The zero-order chi connectivity index (χ0) is 18.0. The lowest BCUT2D eigenvalue weighted by Crippen LogP contribution is -2.54. The summed E-state index contributed by atoms with van der Waals surface area (Å²) in [5.74, 6) is 0.773. The van der Waals surface area contributed by atoms with Gasteiger partial charge in [0.2, 0.25) is 5.91 Å². The van der Waals surface area contributed by atoms with Gasteiger partial charge in [-0.25, -0.2) is 9.97 Å². The molecule has 2 fully saturated rings. The van der Waals surface area contributed by atoms with Gasteiger partial charge in [-0.3, -0.25) is 4.79 Å². The molecular weight excluding hydrogens is 334 g/mol. The number of likely N-dealkylation sites (tertiary alicyclic amines) is 1. The molecule has 4 rings (SSSR count). The largest absolute Gasteiger partial charge is 0.469 e. The SMILES string of the molecule is Cc1ccnc(OC[C@]23CCO[C@H]2CCN(C(=O)Cc2ccco2)C3)n1. The molecule has 0 radical (unpaired) electrons. The van der Waals surface area contributed by atoms with Gasteiger partial charge in [-0.15, -0.1) is 0 Å². The molecule has 7 nitrogen and oxygen atoms in total. The average Bonchev–Trinajstić information content (AvgIpc) is 3.29. The first-order valence-corrected chi connectivity index (χ1v) is 8.99. The van der Waals surface area contributed by atoms with Crippen molar-refractivity contribution in [3.8, 4) is 6.01 Å². The van der Waals surface area contributed by atoms with Crippen molar-refractivity contribution in [2.45, 2.75) is 32.3 Å². The Balaban J connectivity index is 1.44. The van der Waals surface area contributed by atoms with E-state index in [1.165, 1.54) is 0 Å². The third kappa shape index (κ3) is 3.44. The van der Waals surface area contributed by atoms with Crippen LogP contribution in [0.1, 0.15) is 24.3 Å². The first kappa shape index (κ1) is 17.0. The Bertz CT molecular complexity index is 764. The summed E-state index contributed by atoms with van der Waals surface area (Å²) in [4.78, 5) is 23.1. The molecule has 138 valence electrons. The fourth-order valence-electron chi connectivity index (χ4n) is 3.85. The summed E-state index contributed by atoms with van der Waals surface area (Å²) in [5.41, 5.74) is 0.662. The molecule has 7 heteroatoms. The van der Waals surface area contributed by atoms with Gasteiger partial charge in [0.15, 0.2) is 0 Å². The molecule has 0 aromatic carbocycles. The lowest BCUT2D eigenvalue weighted by Gasteiger charge is -2.43. The molecule has 2 atom stereocenters. The Morgan fingerprint density at radius 3 is 3.19 bits per heavy atom. The number of hydrogen-bond donors (Lipinski definition) is 0. The van der Waals surface area contributed by atoms with Crippen molar-refractivity contribution in [1.82, 2.24) is 14.9 Å². The Hall–Kier alpha value is -2.41. The maximum atomic E-state index is 12.7. The Morgan fingerprint density at radius 1 is 1.46 bits per heavy atom. The number of amides is 1. The summed E-state index contributed by atoms with van der Waals surface area (Å²) < 4.78 is 17.1. The fraction of sp³-hybridized carbons (Fsp3) is 0.526. The molecule has 4 heterocycles. The Labute approximate surface area is 152 Å². The normalized spacial score (nSPS) is 25.1. The molecule has 0 unspecified atom stereocenters. The molecule has 0 aliphatic carbocycles. The molecule has 2 aliphatic heterocycles. The maximum absolute atomic E-state index is 12.7. The van der Waals surface area contributed by atoms with Gasteiger partial charge < -0.3 is 18.8 Å². The van der Waals surface area contributed by atoms with Gasteiger partial charge in [-0.05, 0) is 38.0 Å². The van der Waals surface area contributed by atoms with E-state index in [9.17, 15) is 4.79 Å². The average molecular weight is 357 g/mol. The van der Waals surface area contributed by atoms with E-state index < -0.39 is 0 Å². The molecule has 2 aromatic rings. The van der Waals surface area contributed by atoms with Crippen LogP contribution in [-0.2, 0) is 16.0 Å². The molecular formula is C19H23N3O4. The van der Waals surface area contributed by atoms with Crippen LogP contribution < -0.4 is 4.74 Å². The van der Waals surface area contributed by atoms with Gasteiger partial charge in [0.25, 0.3) is 0 Å². The lowest BCUT2D eigenvalue weighted by molar-refractivity contribution is -0.137. The number of nitrogens with zero attached hydrogens (tertiary/aromatic N) is 3. The first-order valence-electron chi connectivity index (χ1n) is 8.99. The molecule has 2 aromatic heterocycles. The number of rotatable bonds is 5. The van der Waals surface area contributed by atoms with E-state index >= 15 is 0 Å². The summed E-state index contributed by atoms with van der Waals surface area (Å²) >= 11 is 0. The summed E-state index contributed by atoms with van der Waals surface area (Å²) in [5, 5.41) is 0. The minimum atomic E-state index is -0.204. The van der Waals surface area contributed by atoms with E-state index in [2.05, 4.69) is 9.97 Å². The fourth-order valence-corrected chi connectivity index (χ4v) is 3.85. The summed E-state index contributed by atoms with van der Waals surface area (Å²) in [6, 6.07) is 5.85. The monoisotopic (exact) mass is 357 g/mol. The molecule has 26 heavy (non-hydrogen) atoms. The molecule has 0 spiro atoms. The molecule has 0 saturated carbocycles. The van der Waals surface area contributed by atoms with Gasteiger partial charge in [-0.1, -0.05) is 0 Å². The molecule has 2 saturated heterocycles. The second-order valence-electron chi connectivity index (χ2n) is 7.10. The molecule has 1 amide bonds. The highest BCUT2D eigenvalue weighted by Crippen LogP contribution is 2.41. The van der Waals surface area contributed by atoms with Crippen LogP contribution in [0.5, 0.6) is 6.01 Å². The molecule has 2 aliphatic rings. The maximum Gasteiger partial charge on any atom is 0.316 e. The number of hydrogen-bond acceptors (Lipinski definition) is 6. The quantitative estimate of drug-likeness (QED) is 0.815. The van der Waals surface area contributed by atoms with Gasteiger partial charge in [-0.2, -0.15) is 0 Å². The predicted molar refractivity (Wildman–Crippen MR) is 92.7 cm³/mol. The Kier molecular flexibility index (Phi) is 4.63. The van der Waals surface area contributed by atoms with Crippen LogP contribution in [0.4, 0.5) is 0 Å². The van der Waals surface area contributed by atoms with Crippen LogP contribution in [0.2, 0.25) is 0 Å². The standard InChI is InChI=1S/C19H23N3O4/c1-14-4-7-20-18(21-14)26-13-19-6-10-25-16(19)5-8-22(12-19)17(23)11-15-3-2-9-24-15/h2-4,7,9,16H,5-6,8,10-13H2,1H3/t16-,19+/m0/s1. The third-order valence-electron chi connectivity index (χ3n) is 5.29. The predicted octanol–water partition coefficient (Wildman–Crippen LogP) is 2.01. The van der Waals surface area contributed by atoms with Crippen molar-refractivity contribution in [3.05, 3.63) is 42.1 Å². The minimum Gasteiger partial charge on any atom is -0.469 e. The van der Waals surface area contributed by atoms with E-state index in [0.29, 0.717) is 38.1 Å². The van der Waals surface area contributed by atoms with Crippen molar-refractivity contribution in [2.75, 3.05) is 26.3 Å². The van der Waals surface area contributed by atoms with Crippen molar-refractivity contribution in [3.63, 3.8) is 0 Å². The Morgan fingerprint density at radius 2 is 2.38 bits per heavy atom. The van der Waals surface area contributed by atoms with Crippen LogP contribution in [0, 0.1) is 12.3 Å². The van der Waals surface area contributed by atoms with E-state index in [-0.39, 0.29) is 23.8 Å². The van der Waals surface area contributed by atoms with Crippen molar-refractivity contribution >= 4 is 5.91 Å². The van der Waals surface area contributed by atoms with Crippen LogP contribution in [0.3, 0.4) is 0 Å². The highest BCUT2D eigenvalue weighted by Gasteiger charge is 2.49. The molecule has 0 bridgehead atoms. The van der Waals surface area contributed by atoms with Gasteiger partial charge >= 0.3 is 6.01 Å². The van der Waals surface area contributed by atoms with Gasteiger partial charge in [0, 0.05) is 31.6 Å². The van der Waals surface area contributed by atoms with E-state index in [4.69, 9.17) is 13.9 Å². The number of carbonyl (C=O) groups is 1. The van der Waals surface area contributed by atoms with E-state index in [1.54, 1.807) is 18.5 Å². The number of furan rings is 1. The second kappa shape index (κ2) is 7.07. The number of piperidine rings is 1. The first-order chi connectivity index (χ1) is 12.6. The van der Waals surface area contributed by atoms with E-state index in [1.807, 2.05) is 24.0 Å². The number of ether oxygens (including phenoxy) is 2. The smallest absolute Gasteiger partial charge is 0.316 e. The van der Waals surface area contributed by atoms with Crippen LogP contribution in [0.15, 0.2) is 35.1 Å². The number of carbonyl (C=O) groups excluding carboxylic acids is 1. The van der Waals surface area contributed by atoms with Crippen LogP contribution in [-0.4, -0.2) is 53.2 Å². The topological polar surface area (TPSA) is 77.7 Å². The zero-order valence-electron chi connectivity index (χ0n) is 14.9. The van der Waals surface area contributed by atoms with Crippen molar-refractivity contribution < 1.29 is 18.7 Å². The molecule has 0 N–H and O–H groups in total. The van der Waals surface area contributed by atoms with Crippen LogP contribution in [0.25, 0.3) is 0 Å². The highest BCUT2D eigenvalue weighted by molar-refractivity contribution is 5.78. The third-order valence-corrected chi connectivity index (χ3v) is 5.29. The zero-order valence-corrected chi connectivity index (χ0v) is 14.9. The number of fused-ring (bicyclic) bond motifs is 1. The number of aromatic nitrogens is 2. The summed E-state index contributed by atoms with van der Waals surface area (Å²) in [6.07, 6.45) is 5.38.